The highest BCUT2D eigenvalue weighted by atomic mass is 16.5. The van der Waals surface area contributed by atoms with Gasteiger partial charge in [-0.3, -0.25) is 14.7 Å². The van der Waals surface area contributed by atoms with Gasteiger partial charge < -0.3 is 9.64 Å². The highest BCUT2D eigenvalue weighted by molar-refractivity contribution is 5.96. The molecule has 4 heterocycles. The number of piperidine rings is 1. The predicted molar refractivity (Wildman–Crippen MR) is 105 cm³/mol. The molecule has 3 saturated heterocycles. The minimum Gasteiger partial charge on any atom is -0.497 e. The number of ether oxygens (including phenoxy) is 1. The number of hydrogen-bond acceptors (Lipinski definition) is 4. The Morgan fingerprint density at radius 2 is 1.96 bits per heavy atom. The van der Waals surface area contributed by atoms with E-state index in [9.17, 15) is 4.79 Å². The van der Waals surface area contributed by atoms with E-state index in [1.807, 2.05) is 37.5 Å². The van der Waals surface area contributed by atoms with E-state index in [0.717, 1.165) is 49.5 Å². The summed E-state index contributed by atoms with van der Waals surface area (Å²) in [6.45, 7) is 5.78. The Morgan fingerprint density at radius 1 is 1.15 bits per heavy atom. The molecule has 5 heteroatoms. The molecule has 0 N–H and O–H groups in total. The third-order valence-electron chi connectivity index (χ3n) is 5.87. The number of benzene rings is 1. The Kier molecular flexibility index (Phi) is 5.12. The maximum atomic E-state index is 13.3. The van der Waals surface area contributed by atoms with Crippen molar-refractivity contribution in [3.63, 3.8) is 0 Å². The smallest absolute Gasteiger partial charge is 0.254 e. The first-order valence-electron chi connectivity index (χ1n) is 9.71. The second-order valence-corrected chi connectivity index (χ2v) is 7.79. The second kappa shape index (κ2) is 7.69. The van der Waals surface area contributed by atoms with Crippen LogP contribution in [0.15, 0.2) is 42.7 Å². The number of aromatic nitrogens is 1. The van der Waals surface area contributed by atoms with E-state index in [-0.39, 0.29) is 5.91 Å². The highest BCUT2D eigenvalue weighted by Gasteiger charge is 2.37. The van der Waals surface area contributed by atoms with Crippen LogP contribution in [0.3, 0.4) is 0 Å². The molecule has 1 aromatic heterocycles. The van der Waals surface area contributed by atoms with Crippen molar-refractivity contribution in [3.05, 3.63) is 59.4 Å². The Hall–Kier alpha value is -2.40. The number of methoxy groups -OCH3 is 1. The summed E-state index contributed by atoms with van der Waals surface area (Å²) in [6.07, 6.45) is 6.01. The van der Waals surface area contributed by atoms with Crippen LogP contribution in [0.4, 0.5) is 0 Å². The Balaban J connectivity index is 1.51. The van der Waals surface area contributed by atoms with Crippen LogP contribution in [-0.4, -0.2) is 53.5 Å². The van der Waals surface area contributed by atoms with Gasteiger partial charge in [-0.15, -0.1) is 0 Å². The molecule has 0 saturated carbocycles. The topological polar surface area (TPSA) is 45.7 Å². The summed E-state index contributed by atoms with van der Waals surface area (Å²) in [5, 5.41) is 0. The van der Waals surface area contributed by atoms with Crippen molar-refractivity contribution < 1.29 is 9.53 Å². The highest BCUT2D eigenvalue weighted by Crippen LogP contribution is 2.31. The average Bonchev–Trinajstić information content (AvgIpc) is 2.98. The lowest BCUT2D eigenvalue weighted by Gasteiger charge is -2.36. The van der Waals surface area contributed by atoms with Crippen LogP contribution in [0.2, 0.25) is 0 Å². The van der Waals surface area contributed by atoms with E-state index in [1.165, 1.54) is 12.0 Å². The van der Waals surface area contributed by atoms with Gasteiger partial charge in [-0.25, -0.2) is 0 Å². The zero-order chi connectivity index (χ0) is 18.8. The van der Waals surface area contributed by atoms with E-state index >= 15 is 0 Å². The molecular weight excluding hydrogens is 338 g/mol. The number of nitrogens with zero attached hydrogens (tertiary/aromatic N) is 3. The summed E-state index contributed by atoms with van der Waals surface area (Å²) < 4.78 is 5.28. The van der Waals surface area contributed by atoms with E-state index < -0.39 is 0 Å². The maximum Gasteiger partial charge on any atom is 0.254 e. The lowest BCUT2D eigenvalue weighted by molar-refractivity contribution is 0.0584. The number of carbonyl (C=O) groups excluding carboxylic acids is 1. The van der Waals surface area contributed by atoms with Crippen molar-refractivity contribution in [1.82, 2.24) is 14.8 Å². The Morgan fingerprint density at radius 3 is 2.70 bits per heavy atom. The van der Waals surface area contributed by atoms with Gasteiger partial charge in [0, 0.05) is 50.2 Å². The normalized spacial score (nSPS) is 22.5. The van der Waals surface area contributed by atoms with Gasteiger partial charge in [-0.1, -0.05) is 0 Å². The lowest BCUT2D eigenvalue weighted by Crippen LogP contribution is -2.47. The summed E-state index contributed by atoms with van der Waals surface area (Å²) in [5.41, 5.74) is 3.06. The van der Waals surface area contributed by atoms with Crippen molar-refractivity contribution in [2.45, 2.75) is 32.4 Å². The monoisotopic (exact) mass is 365 g/mol. The number of rotatable bonds is 4. The standard InChI is InChI=1S/C22H27N3O2/c1-16-11-20(27-2)5-6-21(16)22(26)25-14-18-3-4-19(25)15-24(13-18)12-17-7-9-23-10-8-17/h5-11,18-19H,3-4,12-15H2,1-2H3/t18-,19+/m0/s1. The van der Waals surface area contributed by atoms with E-state index in [0.29, 0.717) is 12.0 Å². The fourth-order valence-electron chi connectivity index (χ4n) is 4.46. The first kappa shape index (κ1) is 18.0. The summed E-state index contributed by atoms with van der Waals surface area (Å²) in [4.78, 5) is 22.0. The predicted octanol–water partition coefficient (Wildman–Crippen LogP) is 3.14. The third kappa shape index (κ3) is 3.83. The molecule has 2 atom stereocenters. The van der Waals surface area contributed by atoms with E-state index in [4.69, 9.17) is 4.74 Å². The van der Waals surface area contributed by atoms with Crippen LogP contribution in [0, 0.1) is 12.8 Å². The largest absolute Gasteiger partial charge is 0.497 e. The molecule has 2 bridgehead atoms. The van der Waals surface area contributed by atoms with Crippen LogP contribution in [-0.2, 0) is 6.54 Å². The zero-order valence-electron chi connectivity index (χ0n) is 16.1. The molecule has 3 aliphatic heterocycles. The Bertz CT molecular complexity index is 808. The molecule has 0 spiro atoms. The van der Waals surface area contributed by atoms with Crippen molar-refractivity contribution in [3.8, 4) is 5.75 Å². The number of carbonyl (C=O) groups is 1. The van der Waals surface area contributed by atoms with E-state index in [1.54, 1.807) is 7.11 Å². The van der Waals surface area contributed by atoms with E-state index in [2.05, 4.69) is 26.9 Å². The lowest BCUT2D eigenvalue weighted by atomic mass is 9.93. The molecule has 1 amide bonds. The van der Waals surface area contributed by atoms with Gasteiger partial charge in [-0.2, -0.15) is 0 Å². The van der Waals surface area contributed by atoms with Crippen molar-refractivity contribution >= 4 is 5.91 Å². The van der Waals surface area contributed by atoms with Gasteiger partial charge >= 0.3 is 0 Å². The molecule has 2 aromatic rings. The molecule has 0 unspecified atom stereocenters. The first-order valence-corrected chi connectivity index (χ1v) is 9.71. The SMILES string of the molecule is COc1ccc(C(=O)N2C[C@H]3CC[C@@H]2CN(Cc2ccncc2)C3)c(C)c1. The van der Waals surface area contributed by atoms with Crippen LogP contribution in [0.1, 0.15) is 34.3 Å². The molecule has 0 aliphatic carbocycles. The molecule has 5 rings (SSSR count). The number of amides is 1. The number of pyridine rings is 1. The fraction of sp³-hybridized carbons (Fsp3) is 0.455. The van der Waals surface area contributed by atoms with Gasteiger partial charge in [0.2, 0.25) is 0 Å². The molecular formula is C22H27N3O2. The minimum absolute atomic E-state index is 0.163. The third-order valence-corrected chi connectivity index (χ3v) is 5.87. The van der Waals surface area contributed by atoms with Gasteiger partial charge in [0.15, 0.2) is 0 Å². The summed E-state index contributed by atoms with van der Waals surface area (Å²) in [5.74, 6) is 1.51. The average molecular weight is 365 g/mol. The summed E-state index contributed by atoms with van der Waals surface area (Å²) in [7, 11) is 1.65. The molecule has 5 nitrogen and oxygen atoms in total. The number of aryl methyl sites for hydroxylation is 1. The first-order chi connectivity index (χ1) is 13.1. The van der Waals surface area contributed by atoms with Crippen molar-refractivity contribution in [1.29, 1.82) is 0 Å². The van der Waals surface area contributed by atoms with Crippen LogP contribution in [0.25, 0.3) is 0 Å². The minimum atomic E-state index is 0.163. The Labute approximate surface area is 161 Å². The van der Waals surface area contributed by atoms with Crippen LogP contribution < -0.4 is 4.74 Å². The summed E-state index contributed by atoms with van der Waals surface area (Å²) in [6, 6.07) is 10.2. The molecule has 27 heavy (non-hydrogen) atoms. The van der Waals surface area contributed by atoms with Gasteiger partial charge in [0.25, 0.3) is 5.91 Å². The fourth-order valence-corrected chi connectivity index (χ4v) is 4.46. The van der Waals surface area contributed by atoms with Crippen LogP contribution >= 0.6 is 0 Å². The molecule has 0 radical (unpaired) electrons. The second-order valence-electron chi connectivity index (χ2n) is 7.79. The maximum absolute atomic E-state index is 13.3. The molecule has 3 aliphatic rings. The molecule has 3 fully saturated rings. The zero-order valence-corrected chi connectivity index (χ0v) is 16.1. The number of fused-ring (bicyclic) bond motifs is 4. The van der Waals surface area contributed by atoms with Gasteiger partial charge in [-0.05, 0) is 67.1 Å². The van der Waals surface area contributed by atoms with Gasteiger partial charge in [0.1, 0.15) is 5.75 Å². The molecule has 1 aromatic carbocycles. The van der Waals surface area contributed by atoms with Crippen LogP contribution in [0.5, 0.6) is 5.75 Å². The van der Waals surface area contributed by atoms with Crippen molar-refractivity contribution in [2.75, 3.05) is 26.7 Å². The van der Waals surface area contributed by atoms with Crippen molar-refractivity contribution in [2.24, 2.45) is 5.92 Å². The van der Waals surface area contributed by atoms with Gasteiger partial charge in [0.05, 0.1) is 7.11 Å². The molecule has 142 valence electrons. The quantitative estimate of drug-likeness (QED) is 0.835. The summed E-state index contributed by atoms with van der Waals surface area (Å²) >= 11 is 0. The number of hydrogen-bond donors (Lipinski definition) is 0.